The van der Waals surface area contributed by atoms with E-state index in [1.807, 2.05) is 18.2 Å². The number of hydrogen-bond donors (Lipinski definition) is 2. The van der Waals surface area contributed by atoms with Crippen LogP contribution < -0.4 is 10.1 Å². The van der Waals surface area contributed by atoms with E-state index in [9.17, 15) is 14.7 Å². The van der Waals surface area contributed by atoms with Crippen molar-refractivity contribution in [1.29, 1.82) is 0 Å². The van der Waals surface area contributed by atoms with Gasteiger partial charge >= 0.3 is 5.97 Å². The van der Waals surface area contributed by atoms with Crippen LogP contribution in [0.2, 0.25) is 10.0 Å². The Balaban J connectivity index is 1.27. The van der Waals surface area contributed by atoms with Crippen molar-refractivity contribution in [2.75, 3.05) is 5.32 Å². The van der Waals surface area contributed by atoms with Gasteiger partial charge in [-0.1, -0.05) is 66.7 Å². The van der Waals surface area contributed by atoms with Gasteiger partial charge in [0.05, 0.1) is 27.3 Å². The normalized spacial score (nSPS) is 13.7. The van der Waals surface area contributed by atoms with Crippen LogP contribution in [0.3, 0.4) is 0 Å². The number of anilines is 1. The number of carbonyl (C=O) groups excluding carboxylic acids is 1. The molecule has 1 saturated carbocycles. The molecule has 0 aliphatic heterocycles. The van der Waals surface area contributed by atoms with E-state index < -0.39 is 5.97 Å². The molecular weight excluding hydrogens is 573 g/mol. The van der Waals surface area contributed by atoms with Gasteiger partial charge < -0.3 is 19.7 Å². The number of ether oxygens (including phenoxy) is 1. The van der Waals surface area contributed by atoms with Crippen LogP contribution >= 0.6 is 23.2 Å². The third-order valence-corrected chi connectivity index (χ3v) is 8.06. The minimum atomic E-state index is -0.982. The van der Waals surface area contributed by atoms with E-state index in [4.69, 9.17) is 32.9 Å². The van der Waals surface area contributed by atoms with Crippen LogP contribution in [-0.4, -0.2) is 26.5 Å². The SMILES string of the molecule is O=C(O)c1ccc2c(c1)nc(-c1ccc(C(=O)Nc3ccccc3Oc3ccc(Cl)cc3Cl)cc1)n2C1CCCCC1. The lowest BCUT2D eigenvalue weighted by Gasteiger charge is -2.25. The van der Waals surface area contributed by atoms with Gasteiger partial charge in [0, 0.05) is 22.2 Å². The Morgan fingerprint density at radius 3 is 2.33 bits per heavy atom. The summed E-state index contributed by atoms with van der Waals surface area (Å²) in [6.07, 6.45) is 5.59. The zero-order valence-corrected chi connectivity index (χ0v) is 24.0. The molecule has 5 aromatic rings. The fraction of sp³-hybridized carbons (Fsp3) is 0.182. The summed E-state index contributed by atoms with van der Waals surface area (Å²) in [5, 5.41) is 13.3. The maximum absolute atomic E-state index is 13.2. The molecule has 2 N–H and O–H groups in total. The molecule has 4 aromatic carbocycles. The summed E-state index contributed by atoms with van der Waals surface area (Å²) < 4.78 is 8.22. The summed E-state index contributed by atoms with van der Waals surface area (Å²) in [5.74, 6) is 0.345. The number of carbonyl (C=O) groups is 2. The summed E-state index contributed by atoms with van der Waals surface area (Å²) in [4.78, 5) is 29.7. The third-order valence-electron chi connectivity index (χ3n) is 7.53. The van der Waals surface area contributed by atoms with Crippen molar-refractivity contribution >= 4 is 51.8 Å². The molecule has 1 fully saturated rings. The first kappa shape index (κ1) is 27.8. The number of hydrogen-bond acceptors (Lipinski definition) is 4. The zero-order valence-electron chi connectivity index (χ0n) is 22.5. The average Bonchev–Trinajstić information content (AvgIpc) is 3.39. The van der Waals surface area contributed by atoms with E-state index in [0.717, 1.165) is 42.6 Å². The number of carboxylic acid groups (broad SMARTS) is 1. The van der Waals surface area contributed by atoms with Crippen molar-refractivity contribution in [2.24, 2.45) is 0 Å². The predicted octanol–water partition coefficient (Wildman–Crippen LogP) is 9.26. The Morgan fingerprint density at radius 1 is 0.857 bits per heavy atom. The zero-order chi connectivity index (χ0) is 29.2. The molecule has 1 heterocycles. The highest BCUT2D eigenvalue weighted by molar-refractivity contribution is 6.35. The van der Waals surface area contributed by atoms with Gasteiger partial charge in [-0.05, 0) is 73.5 Å². The summed E-state index contributed by atoms with van der Waals surface area (Å²) in [6, 6.07) is 24.7. The number of amides is 1. The van der Waals surface area contributed by atoms with Gasteiger partial charge in [0.1, 0.15) is 11.6 Å². The lowest BCUT2D eigenvalue weighted by Crippen LogP contribution is -2.14. The van der Waals surface area contributed by atoms with Crippen LogP contribution in [0.25, 0.3) is 22.4 Å². The minimum Gasteiger partial charge on any atom is -0.478 e. The molecule has 1 aromatic heterocycles. The van der Waals surface area contributed by atoms with Crippen molar-refractivity contribution in [1.82, 2.24) is 9.55 Å². The van der Waals surface area contributed by atoms with Crippen LogP contribution in [0.5, 0.6) is 11.5 Å². The summed E-state index contributed by atoms with van der Waals surface area (Å²) in [5.41, 5.74) is 3.58. The quantitative estimate of drug-likeness (QED) is 0.194. The second-order valence-corrected chi connectivity index (χ2v) is 11.2. The van der Waals surface area contributed by atoms with Crippen molar-refractivity contribution in [3.05, 3.63) is 106 Å². The number of nitrogens with one attached hydrogen (secondary N) is 1. The Morgan fingerprint density at radius 2 is 1.60 bits per heavy atom. The van der Waals surface area contributed by atoms with Gasteiger partial charge in [0.2, 0.25) is 0 Å². The first-order valence-corrected chi connectivity index (χ1v) is 14.5. The number of imidazole rings is 1. The number of fused-ring (bicyclic) bond motifs is 1. The van der Waals surface area contributed by atoms with Crippen LogP contribution in [-0.2, 0) is 0 Å². The fourth-order valence-corrected chi connectivity index (χ4v) is 5.89. The van der Waals surface area contributed by atoms with E-state index >= 15 is 0 Å². The number of aromatic nitrogens is 2. The standard InChI is InChI=1S/C33H27Cl2N3O4/c34-23-15-17-29(25(35)19-23)42-30-9-5-4-8-26(30)37-32(39)21-12-10-20(11-13-21)31-36-27-18-22(33(40)41)14-16-28(27)38(31)24-6-2-1-3-7-24/h4-5,8-19,24H,1-3,6-7H2,(H,37,39)(H,40,41). The van der Waals surface area contributed by atoms with Crippen molar-refractivity contribution < 1.29 is 19.4 Å². The van der Waals surface area contributed by atoms with Gasteiger partial charge in [-0.3, -0.25) is 4.79 Å². The highest BCUT2D eigenvalue weighted by Gasteiger charge is 2.23. The summed E-state index contributed by atoms with van der Waals surface area (Å²) in [6.45, 7) is 0. The topological polar surface area (TPSA) is 93.4 Å². The number of rotatable bonds is 7. The molecule has 0 bridgehead atoms. The van der Waals surface area contributed by atoms with E-state index in [0.29, 0.717) is 38.3 Å². The predicted molar refractivity (Wildman–Crippen MR) is 165 cm³/mol. The number of nitrogens with zero attached hydrogens (tertiary/aromatic N) is 2. The second kappa shape index (κ2) is 11.9. The van der Waals surface area contributed by atoms with Gasteiger partial charge in [0.25, 0.3) is 5.91 Å². The molecule has 42 heavy (non-hydrogen) atoms. The van der Waals surface area contributed by atoms with Crippen molar-refractivity contribution in [2.45, 2.75) is 38.1 Å². The van der Waals surface area contributed by atoms with Crippen LogP contribution in [0.15, 0.2) is 84.9 Å². The molecule has 1 aliphatic rings. The molecule has 0 spiro atoms. The molecule has 7 nitrogen and oxygen atoms in total. The number of benzene rings is 4. The molecule has 0 radical (unpaired) electrons. The monoisotopic (exact) mass is 599 g/mol. The molecule has 212 valence electrons. The van der Waals surface area contributed by atoms with Crippen LogP contribution in [0.4, 0.5) is 5.69 Å². The Bertz CT molecular complexity index is 1790. The van der Waals surface area contributed by atoms with Gasteiger partial charge in [-0.2, -0.15) is 0 Å². The minimum absolute atomic E-state index is 0.206. The van der Waals surface area contributed by atoms with Gasteiger partial charge in [-0.15, -0.1) is 0 Å². The average molecular weight is 601 g/mol. The maximum Gasteiger partial charge on any atom is 0.335 e. The van der Waals surface area contributed by atoms with E-state index in [-0.39, 0.29) is 17.5 Å². The second-order valence-electron chi connectivity index (χ2n) is 10.3. The molecule has 6 rings (SSSR count). The maximum atomic E-state index is 13.2. The molecular formula is C33H27Cl2N3O4. The number of para-hydroxylation sites is 2. The van der Waals surface area contributed by atoms with Crippen molar-refractivity contribution in [3.8, 4) is 22.9 Å². The van der Waals surface area contributed by atoms with E-state index in [1.165, 1.54) is 6.42 Å². The Kier molecular flexibility index (Phi) is 7.87. The fourth-order valence-electron chi connectivity index (χ4n) is 5.44. The van der Waals surface area contributed by atoms with Crippen molar-refractivity contribution in [3.63, 3.8) is 0 Å². The first-order chi connectivity index (χ1) is 20.4. The largest absolute Gasteiger partial charge is 0.478 e. The summed E-state index contributed by atoms with van der Waals surface area (Å²) >= 11 is 12.3. The Hall–Kier alpha value is -4.33. The highest BCUT2D eigenvalue weighted by Crippen LogP contribution is 2.37. The molecule has 0 unspecified atom stereocenters. The molecule has 1 amide bonds. The molecule has 0 atom stereocenters. The van der Waals surface area contributed by atoms with Gasteiger partial charge in [-0.25, -0.2) is 9.78 Å². The highest BCUT2D eigenvalue weighted by atomic mass is 35.5. The van der Waals surface area contributed by atoms with Crippen LogP contribution in [0, 0.1) is 0 Å². The molecule has 0 saturated heterocycles. The van der Waals surface area contributed by atoms with Crippen LogP contribution in [0.1, 0.15) is 58.9 Å². The summed E-state index contributed by atoms with van der Waals surface area (Å²) in [7, 11) is 0. The lowest BCUT2D eigenvalue weighted by atomic mass is 9.94. The molecule has 9 heteroatoms. The number of aromatic carboxylic acids is 1. The Labute approximate surface area is 252 Å². The van der Waals surface area contributed by atoms with E-state index in [1.54, 1.807) is 66.7 Å². The third kappa shape index (κ3) is 5.71. The van der Waals surface area contributed by atoms with E-state index in [2.05, 4.69) is 9.88 Å². The molecule has 1 aliphatic carbocycles. The van der Waals surface area contributed by atoms with Gasteiger partial charge in [0.15, 0.2) is 5.75 Å². The first-order valence-electron chi connectivity index (χ1n) is 13.8. The number of halogens is 2. The smallest absolute Gasteiger partial charge is 0.335 e. The lowest BCUT2D eigenvalue weighted by molar-refractivity contribution is 0.0696. The number of carboxylic acids is 1.